The fraction of sp³-hybridized carbons (Fsp3) is 0.250. The molecule has 88 valence electrons. The first kappa shape index (κ1) is 11.3. The van der Waals surface area contributed by atoms with Gasteiger partial charge in [-0.05, 0) is 12.1 Å². The van der Waals surface area contributed by atoms with Crippen LogP contribution in [0.25, 0.3) is 0 Å². The highest BCUT2D eigenvalue weighted by Gasteiger charge is 2.39. The summed E-state index contributed by atoms with van der Waals surface area (Å²) < 4.78 is 0. The van der Waals surface area contributed by atoms with E-state index in [2.05, 4.69) is 5.32 Å². The third-order valence-electron chi connectivity index (χ3n) is 2.54. The SMILES string of the molecule is CC(=O)N[C@@H]1CC(=O)N(c2ccccc2)C1=O. The van der Waals surface area contributed by atoms with Gasteiger partial charge in [0.1, 0.15) is 6.04 Å². The zero-order valence-electron chi connectivity index (χ0n) is 9.34. The molecule has 1 aromatic rings. The van der Waals surface area contributed by atoms with Crippen LogP contribution in [0.4, 0.5) is 5.69 Å². The molecule has 1 heterocycles. The van der Waals surface area contributed by atoms with Gasteiger partial charge in [-0.25, -0.2) is 4.90 Å². The summed E-state index contributed by atoms with van der Waals surface area (Å²) in [5, 5.41) is 2.47. The Labute approximate surface area is 98.4 Å². The molecular formula is C12H12N2O3. The Kier molecular flexibility index (Phi) is 2.91. The summed E-state index contributed by atoms with van der Waals surface area (Å²) in [5.74, 6) is -0.984. The molecule has 1 atom stereocenters. The number of benzene rings is 1. The number of carbonyl (C=O) groups is 3. The molecule has 17 heavy (non-hydrogen) atoms. The van der Waals surface area contributed by atoms with E-state index in [1.54, 1.807) is 30.3 Å². The molecule has 0 bridgehead atoms. The van der Waals surface area contributed by atoms with E-state index in [9.17, 15) is 14.4 Å². The second-order valence-electron chi connectivity index (χ2n) is 3.86. The van der Waals surface area contributed by atoms with Gasteiger partial charge >= 0.3 is 0 Å². The molecule has 2 rings (SSSR count). The Balaban J connectivity index is 2.23. The smallest absolute Gasteiger partial charge is 0.256 e. The Hall–Kier alpha value is -2.17. The lowest BCUT2D eigenvalue weighted by molar-refractivity contribution is -0.125. The quantitative estimate of drug-likeness (QED) is 0.753. The molecule has 1 aromatic carbocycles. The molecule has 0 radical (unpaired) electrons. The van der Waals surface area contributed by atoms with Crippen LogP contribution in [0.5, 0.6) is 0 Å². The fourth-order valence-electron chi connectivity index (χ4n) is 1.84. The minimum absolute atomic E-state index is 0.0211. The van der Waals surface area contributed by atoms with Gasteiger partial charge < -0.3 is 5.32 Å². The van der Waals surface area contributed by atoms with Crippen LogP contribution in [0.2, 0.25) is 0 Å². The molecule has 1 fully saturated rings. The van der Waals surface area contributed by atoms with Crippen molar-refractivity contribution in [2.24, 2.45) is 0 Å². The Morgan fingerprint density at radius 2 is 1.94 bits per heavy atom. The van der Waals surface area contributed by atoms with E-state index in [-0.39, 0.29) is 24.1 Å². The second kappa shape index (κ2) is 4.37. The van der Waals surface area contributed by atoms with Crippen molar-refractivity contribution in [2.45, 2.75) is 19.4 Å². The van der Waals surface area contributed by atoms with Crippen LogP contribution in [-0.2, 0) is 14.4 Å². The van der Waals surface area contributed by atoms with E-state index >= 15 is 0 Å². The molecule has 3 amide bonds. The van der Waals surface area contributed by atoms with Gasteiger partial charge in [-0.1, -0.05) is 18.2 Å². The van der Waals surface area contributed by atoms with E-state index in [0.29, 0.717) is 5.69 Å². The fourth-order valence-corrected chi connectivity index (χ4v) is 1.84. The van der Waals surface area contributed by atoms with Gasteiger partial charge in [0.2, 0.25) is 11.8 Å². The first-order valence-electron chi connectivity index (χ1n) is 5.28. The lowest BCUT2D eigenvalue weighted by Gasteiger charge is -2.14. The van der Waals surface area contributed by atoms with Crippen molar-refractivity contribution < 1.29 is 14.4 Å². The van der Waals surface area contributed by atoms with Gasteiger partial charge in [-0.2, -0.15) is 0 Å². The number of imide groups is 1. The van der Waals surface area contributed by atoms with Gasteiger partial charge in [0.25, 0.3) is 5.91 Å². The number of anilines is 1. The largest absolute Gasteiger partial charge is 0.344 e. The summed E-state index contributed by atoms with van der Waals surface area (Å²) in [6, 6.07) is 7.95. The highest BCUT2D eigenvalue weighted by molar-refractivity contribution is 6.22. The van der Waals surface area contributed by atoms with Gasteiger partial charge in [0.05, 0.1) is 12.1 Å². The molecule has 1 saturated heterocycles. The van der Waals surface area contributed by atoms with Crippen LogP contribution in [-0.4, -0.2) is 23.8 Å². The van der Waals surface area contributed by atoms with E-state index in [1.165, 1.54) is 6.92 Å². The third-order valence-corrected chi connectivity index (χ3v) is 2.54. The van der Waals surface area contributed by atoms with Gasteiger partial charge in [0, 0.05) is 6.92 Å². The highest BCUT2D eigenvalue weighted by Crippen LogP contribution is 2.22. The summed E-state index contributed by atoms with van der Waals surface area (Å²) in [6.07, 6.45) is 0.0211. The Morgan fingerprint density at radius 1 is 1.29 bits per heavy atom. The lowest BCUT2D eigenvalue weighted by atomic mass is 10.2. The second-order valence-corrected chi connectivity index (χ2v) is 3.86. The number of amides is 3. The minimum Gasteiger partial charge on any atom is -0.344 e. The molecule has 0 saturated carbocycles. The van der Waals surface area contributed by atoms with Crippen LogP contribution < -0.4 is 10.2 Å². The van der Waals surface area contributed by atoms with Crippen molar-refractivity contribution in [2.75, 3.05) is 4.90 Å². The van der Waals surface area contributed by atoms with Crippen molar-refractivity contribution in [1.82, 2.24) is 5.32 Å². The van der Waals surface area contributed by atoms with Gasteiger partial charge in [-0.3, -0.25) is 14.4 Å². The van der Waals surface area contributed by atoms with Crippen LogP contribution in [0.1, 0.15) is 13.3 Å². The molecule has 5 heteroatoms. The highest BCUT2D eigenvalue weighted by atomic mass is 16.2. The molecule has 1 aliphatic rings. The molecule has 1 aliphatic heterocycles. The molecular weight excluding hydrogens is 220 g/mol. The van der Waals surface area contributed by atoms with Crippen LogP contribution >= 0.6 is 0 Å². The maximum Gasteiger partial charge on any atom is 0.256 e. The molecule has 5 nitrogen and oxygen atoms in total. The number of hydrogen-bond acceptors (Lipinski definition) is 3. The van der Waals surface area contributed by atoms with Crippen molar-refractivity contribution in [3.05, 3.63) is 30.3 Å². The predicted molar refractivity (Wildman–Crippen MR) is 61.2 cm³/mol. The number of nitrogens with zero attached hydrogens (tertiary/aromatic N) is 1. The topological polar surface area (TPSA) is 66.5 Å². The van der Waals surface area contributed by atoms with Crippen molar-refractivity contribution >= 4 is 23.4 Å². The zero-order chi connectivity index (χ0) is 12.4. The summed E-state index contributed by atoms with van der Waals surface area (Å²) >= 11 is 0. The summed E-state index contributed by atoms with van der Waals surface area (Å²) in [7, 11) is 0. The van der Waals surface area contributed by atoms with Gasteiger partial charge in [-0.15, -0.1) is 0 Å². The van der Waals surface area contributed by atoms with Crippen LogP contribution in [0, 0.1) is 0 Å². The Bertz CT molecular complexity index is 470. The minimum atomic E-state index is -0.736. The number of carbonyl (C=O) groups excluding carboxylic acids is 3. The maximum absolute atomic E-state index is 11.9. The van der Waals surface area contributed by atoms with Gasteiger partial charge in [0.15, 0.2) is 0 Å². The molecule has 1 N–H and O–H groups in total. The van der Waals surface area contributed by atoms with Crippen LogP contribution in [0.15, 0.2) is 30.3 Å². The molecule has 0 spiro atoms. The van der Waals surface area contributed by atoms with Crippen molar-refractivity contribution in [3.8, 4) is 0 Å². The number of hydrogen-bond donors (Lipinski definition) is 1. The van der Waals surface area contributed by atoms with Crippen molar-refractivity contribution in [1.29, 1.82) is 0 Å². The van der Waals surface area contributed by atoms with Crippen LogP contribution in [0.3, 0.4) is 0 Å². The number of rotatable bonds is 2. The normalized spacial score (nSPS) is 19.6. The average molecular weight is 232 g/mol. The molecule has 0 unspecified atom stereocenters. The molecule has 0 aliphatic carbocycles. The average Bonchev–Trinajstić information content (AvgIpc) is 2.54. The third kappa shape index (κ3) is 2.18. The zero-order valence-corrected chi connectivity index (χ0v) is 9.34. The predicted octanol–water partition coefficient (Wildman–Crippen LogP) is 0.455. The standard InChI is InChI=1S/C12H12N2O3/c1-8(15)13-10-7-11(16)14(12(10)17)9-5-3-2-4-6-9/h2-6,10H,7H2,1H3,(H,13,15)/t10-/m1/s1. The van der Waals surface area contributed by atoms with E-state index in [1.807, 2.05) is 0 Å². The number of nitrogens with one attached hydrogen (secondary N) is 1. The number of para-hydroxylation sites is 1. The van der Waals surface area contributed by atoms with Crippen molar-refractivity contribution in [3.63, 3.8) is 0 Å². The summed E-state index contributed by atoms with van der Waals surface area (Å²) in [4.78, 5) is 35.7. The molecule has 0 aromatic heterocycles. The van der Waals surface area contributed by atoms with E-state index in [4.69, 9.17) is 0 Å². The first-order valence-corrected chi connectivity index (χ1v) is 5.28. The van der Waals surface area contributed by atoms with E-state index in [0.717, 1.165) is 4.90 Å². The summed E-state index contributed by atoms with van der Waals surface area (Å²) in [6.45, 7) is 1.32. The lowest BCUT2D eigenvalue weighted by Crippen LogP contribution is -2.40. The monoisotopic (exact) mass is 232 g/mol. The van der Waals surface area contributed by atoms with E-state index < -0.39 is 6.04 Å². The maximum atomic E-state index is 11.9. The Morgan fingerprint density at radius 3 is 2.53 bits per heavy atom. The first-order chi connectivity index (χ1) is 8.09. The summed E-state index contributed by atoms with van der Waals surface area (Å²) in [5.41, 5.74) is 0.537.